The molecule has 0 amide bonds. The predicted molar refractivity (Wildman–Crippen MR) is 66.1 cm³/mol. The second kappa shape index (κ2) is 4.59. The molecule has 1 atom stereocenters. The molecule has 1 saturated heterocycles. The molecule has 1 saturated carbocycles. The normalized spacial score (nSPS) is 26.2. The van der Waals surface area contributed by atoms with Gasteiger partial charge in [0.25, 0.3) is 0 Å². The highest BCUT2D eigenvalue weighted by atomic mass is 32.1. The van der Waals surface area contributed by atoms with Crippen LogP contribution in [0.5, 0.6) is 0 Å². The Bertz CT molecular complexity index is 455. The number of rotatable bonds is 2. The molecule has 1 aromatic heterocycles. The van der Waals surface area contributed by atoms with E-state index < -0.39 is 12.0 Å². The van der Waals surface area contributed by atoms with Crippen molar-refractivity contribution in [2.24, 2.45) is 0 Å². The topological polar surface area (TPSA) is 49.8 Å². The van der Waals surface area contributed by atoms with Crippen LogP contribution in [0.2, 0.25) is 0 Å². The first-order chi connectivity index (χ1) is 8.97. The van der Waals surface area contributed by atoms with Gasteiger partial charge in [0, 0.05) is 23.1 Å². The first-order valence-corrected chi connectivity index (χ1v) is 7.17. The highest BCUT2D eigenvalue weighted by molar-refractivity contribution is 7.09. The molecule has 106 valence electrons. The standard InChI is InChI=1S/C11H15F3N4S/c12-11(13,14)8-17-9(19-18-8)16-7-2-5-15-10(6-7)3-1-4-10/h7,15H,1-6H2,(H,16,17,18). The second-order valence-corrected chi connectivity index (χ2v) is 6.07. The minimum absolute atomic E-state index is 0.190. The summed E-state index contributed by atoms with van der Waals surface area (Å²) in [7, 11) is 0. The molecule has 4 nitrogen and oxygen atoms in total. The van der Waals surface area contributed by atoms with Crippen molar-refractivity contribution in [2.75, 3.05) is 11.9 Å². The summed E-state index contributed by atoms with van der Waals surface area (Å²) < 4.78 is 40.6. The zero-order valence-electron chi connectivity index (χ0n) is 10.3. The number of nitrogens with zero attached hydrogens (tertiary/aromatic N) is 2. The number of alkyl halides is 3. The fourth-order valence-corrected chi connectivity index (χ4v) is 3.50. The lowest BCUT2D eigenvalue weighted by molar-refractivity contribution is -0.144. The average Bonchev–Trinajstić information content (AvgIpc) is 2.75. The zero-order chi connectivity index (χ0) is 13.5. The van der Waals surface area contributed by atoms with Gasteiger partial charge in [-0.15, -0.1) is 0 Å². The number of piperidine rings is 1. The van der Waals surface area contributed by atoms with Crippen LogP contribution in [0.25, 0.3) is 0 Å². The predicted octanol–water partition coefficient (Wildman–Crippen LogP) is 2.64. The van der Waals surface area contributed by atoms with E-state index in [4.69, 9.17) is 0 Å². The maximum Gasteiger partial charge on any atom is 0.452 e. The molecule has 2 fully saturated rings. The Hall–Kier alpha value is -0.890. The van der Waals surface area contributed by atoms with Gasteiger partial charge in [-0.05, 0) is 38.6 Å². The Morgan fingerprint density at radius 3 is 2.74 bits per heavy atom. The lowest BCUT2D eigenvalue weighted by atomic mass is 9.70. The van der Waals surface area contributed by atoms with Crippen LogP contribution in [0.1, 0.15) is 37.9 Å². The monoisotopic (exact) mass is 292 g/mol. The van der Waals surface area contributed by atoms with Crippen LogP contribution in [0.4, 0.5) is 18.3 Å². The fourth-order valence-electron chi connectivity index (χ4n) is 2.84. The number of hydrogen-bond donors (Lipinski definition) is 2. The highest BCUT2D eigenvalue weighted by Crippen LogP contribution is 2.39. The Labute approximate surface area is 113 Å². The van der Waals surface area contributed by atoms with E-state index in [9.17, 15) is 13.2 Å². The van der Waals surface area contributed by atoms with Crippen molar-refractivity contribution in [3.63, 3.8) is 0 Å². The molecule has 2 aliphatic rings. The molecule has 1 spiro atoms. The zero-order valence-corrected chi connectivity index (χ0v) is 11.1. The van der Waals surface area contributed by atoms with Gasteiger partial charge in [0.2, 0.25) is 11.0 Å². The van der Waals surface area contributed by atoms with Crippen molar-refractivity contribution in [1.82, 2.24) is 14.7 Å². The van der Waals surface area contributed by atoms with Crippen LogP contribution in [-0.2, 0) is 6.18 Å². The summed E-state index contributed by atoms with van der Waals surface area (Å²) >= 11 is 0.783. The van der Waals surface area contributed by atoms with Crippen molar-refractivity contribution in [3.8, 4) is 0 Å². The maximum atomic E-state index is 12.4. The summed E-state index contributed by atoms with van der Waals surface area (Å²) in [5, 5.41) is 6.90. The Morgan fingerprint density at radius 2 is 2.16 bits per heavy atom. The van der Waals surface area contributed by atoms with Crippen molar-refractivity contribution in [1.29, 1.82) is 0 Å². The summed E-state index contributed by atoms with van der Waals surface area (Å²) in [6, 6.07) is 0.190. The minimum atomic E-state index is -4.46. The third-order valence-corrected chi connectivity index (χ3v) is 4.59. The summed E-state index contributed by atoms with van der Waals surface area (Å²) in [5.41, 5.74) is 0.216. The van der Waals surface area contributed by atoms with Crippen molar-refractivity contribution in [2.45, 2.75) is 49.9 Å². The van der Waals surface area contributed by atoms with E-state index in [1.54, 1.807) is 0 Å². The summed E-state index contributed by atoms with van der Waals surface area (Å²) in [4.78, 5) is 3.52. The summed E-state index contributed by atoms with van der Waals surface area (Å²) in [5.74, 6) is -1.05. The van der Waals surface area contributed by atoms with E-state index in [2.05, 4.69) is 20.0 Å². The molecule has 1 aliphatic carbocycles. The van der Waals surface area contributed by atoms with Crippen LogP contribution in [0, 0.1) is 0 Å². The van der Waals surface area contributed by atoms with E-state index in [1.807, 2.05) is 0 Å². The minimum Gasteiger partial charge on any atom is -0.357 e. The van der Waals surface area contributed by atoms with Crippen LogP contribution >= 0.6 is 11.5 Å². The molecule has 0 bridgehead atoms. The lowest BCUT2D eigenvalue weighted by Crippen LogP contribution is -2.58. The van der Waals surface area contributed by atoms with E-state index in [0.717, 1.165) is 43.8 Å². The van der Waals surface area contributed by atoms with Gasteiger partial charge in [0.15, 0.2) is 0 Å². The van der Waals surface area contributed by atoms with Gasteiger partial charge < -0.3 is 10.6 Å². The molecule has 3 rings (SSSR count). The van der Waals surface area contributed by atoms with Gasteiger partial charge in [-0.1, -0.05) is 0 Å². The molecular weight excluding hydrogens is 277 g/mol. The van der Waals surface area contributed by atoms with E-state index >= 15 is 0 Å². The summed E-state index contributed by atoms with van der Waals surface area (Å²) in [6.45, 7) is 0.905. The molecule has 1 aliphatic heterocycles. The van der Waals surface area contributed by atoms with E-state index in [1.165, 1.54) is 6.42 Å². The Morgan fingerprint density at radius 1 is 1.37 bits per heavy atom. The fraction of sp³-hybridized carbons (Fsp3) is 0.818. The van der Waals surface area contributed by atoms with Gasteiger partial charge in [-0.3, -0.25) is 0 Å². The third-order valence-electron chi connectivity index (χ3n) is 3.95. The number of hydrogen-bond acceptors (Lipinski definition) is 5. The van der Waals surface area contributed by atoms with Gasteiger partial charge in [-0.25, -0.2) is 0 Å². The summed E-state index contributed by atoms with van der Waals surface area (Å²) in [6.07, 6.45) is 0.956. The molecule has 0 aromatic carbocycles. The molecule has 1 unspecified atom stereocenters. The molecule has 2 N–H and O–H groups in total. The molecule has 8 heteroatoms. The first-order valence-electron chi connectivity index (χ1n) is 6.39. The molecule has 19 heavy (non-hydrogen) atoms. The van der Waals surface area contributed by atoms with Crippen LogP contribution in [0.15, 0.2) is 0 Å². The quantitative estimate of drug-likeness (QED) is 0.880. The number of aromatic nitrogens is 2. The SMILES string of the molecule is FC(F)(F)c1nsc(NC2CCNC3(CCC3)C2)n1. The second-order valence-electron chi connectivity index (χ2n) is 5.32. The number of anilines is 1. The maximum absolute atomic E-state index is 12.4. The van der Waals surface area contributed by atoms with Crippen molar-refractivity contribution < 1.29 is 13.2 Å². The Kier molecular flexibility index (Phi) is 3.17. The van der Waals surface area contributed by atoms with Gasteiger partial charge in [-0.2, -0.15) is 22.5 Å². The lowest BCUT2D eigenvalue weighted by Gasteiger charge is -2.48. The number of halogens is 3. The largest absolute Gasteiger partial charge is 0.452 e. The van der Waals surface area contributed by atoms with E-state index in [-0.39, 0.29) is 16.7 Å². The highest BCUT2D eigenvalue weighted by Gasteiger charge is 2.41. The first kappa shape index (κ1) is 13.1. The molecular formula is C11H15F3N4S. The van der Waals surface area contributed by atoms with Gasteiger partial charge in [0.05, 0.1) is 0 Å². The molecule has 0 radical (unpaired) electrons. The van der Waals surface area contributed by atoms with Crippen LogP contribution in [-0.4, -0.2) is 27.5 Å². The third kappa shape index (κ3) is 2.69. The Balaban J connectivity index is 1.63. The van der Waals surface area contributed by atoms with Gasteiger partial charge >= 0.3 is 6.18 Å². The average molecular weight is 292 g/mol. The molecule has 2 heterocycles. The van der Waals surface area contributed by atoms with Crippen molar-refractivity contribution in [3.05, 3.63) is 5.82 Å². The van der Waals surface area contributed by atoms with Gasteiger partial charge in [0.1, 0.15) is 0 Å². The van der Waals surface area contributed by atoms with E-state index in [0.29, 0.717) is 0 Å². The molecule has 1 aromatic rings. The smallest absolute Gasteiger partial charge is 0.357 e. The van der Waals surface area contributed by atoms with Crippen LogP contribution in [0.3, 0.4) is 0 Å². The van der Waals surface area contributed by atoms with Crippen LogP contribution < -0.4 is 10.6 Å². The number of nitrogens with one attached hydrogen (secondary N) is 2. The van der Waals surface area contributed by atoms with Crippen molar-refractivity contribution >= 4 is 16.7 Å².